The van der Waals surface area contributed by atoms with Crippen molar-refractivity contribution in [3.8, 4) is 0 Å². The van der Waals surface area contributed by atoms with Gasteiger partial charge in [0, 0.05) is 6.42 Å². The Morgan fingerprint density at radius 3 is 2.55 bits per heavy atom. The van der Waals surface area contributed by atoms with E-state index >= 15 is 0 Å². The number of thiophene rings is 1. The standard InChI is InChI=1S/C15H14N2O3S2/c1-11-4-6-12(7-5-11)22(19,20)17-14(18)8-9-16-15(17)13-3-2-10-21-13/h2-7,10H,8-9H2,1H3. The molecule has 3 rings (SSSR count). The minimum Gasteiger partial charge on any atom is -0.273 e. The van der Waals surface area contributed by atoms with Gasteiger partial charge >= 0.3 is 0 Å². The third-order valence-corrected chi connectivity index (χ3v) is 5.90. The van der Waals surface area contributed by atoms with E-state index in [2.05, 4.69) is 4.99 Å². The van der Waals surface area contributed by atoms with Gasteiger partial charge in [0.2, 0.25) is 5.91 Å². The molecule has 0 spiro atoms. The van der Waals surface area contributed by atoms with E-state index < -0.39 is 15.9 Å². The van der Waals surface area contributed by atoms with Crippen molar-refractivity contribution in [1.29, 1.82) is 0 Å². The van der Waals surface area contributed by atoms with Gasteiger partial charge in [-0.15, -0.1) is 11.3 Å². The average Bonchev–Trinajstić information content (AvgIpc) is 3.01. The molecule has 2 aromatic rings. The lowest BCUT2D eigenvalue weighted by atomic mass is 10.2. The molecule has 2 heterocycles. The van der Waals surface area contributed by atoms with Crippen molar-refractivity contribution in [3.05, 3.63) is 52.2 Å². The van der Waals surface area contributed by atoms with Gasteiger partial charge in [0.25, 0.3) is 10.0 Å². The molecule has 0 radical (unpaired) electrons. The number of aliphatic imine (C=N–C) groups is 1. The van der Waals surface area contributed by atoms with Crippen LogP contribution < -0.4 is 0 Å². The first kappa shape index (κ1) is 14.9. The van der Waals surface area contributed by atoms with Crippen LogP contribution in [0.3, 0.4) is 0 Å². The molecule has 1 aliphatic heterocycles. The zero-order valence-corrected chi connectivity index (χ0v) is 13.5. The van der Waals surface area contributed by atoms with Crippen LogP contribution in [0.1, 0.15) is 16.9 Å². The van der Waals surface area contributed by atoms with Gasteiger partial charge in [-0.25, -0.2) is 8.42 Å². The van der Waals surface area contributed by atoms with Gasteiger partial charge in [-0.2, -0.15) is 4.31 Å². The molecule has 0 saturated carbocycles. The van der Waals surface area contributed by atoms with Crippen LogP contribution in [0.25, 0.3) is 0 Å². The molecule has 7 heteroatoms. The Morgan fingerprint density at radius 2 is 1.91 bits per heavy atom. The van der Waals surface area contributed by atoms with Crippen LogP contribution in [0.15, 0.2) is 51.7 Å². The highest BCUT2D eigenvalue weighted by Gasteiger charge is 2.36. The van der Waals surface area contributed by atoms with E-state index in [1.54, 1.807) is 24.3 Å². The van der Waals surface area contributed by atoms with Gasteiger partial charge in [0.05, 0.1) is 16.3 Å². The Bertz CT molecular complexity index is 822. The fourth-order valence-corrected chi connectivity index (χ4v) is 4.40. The van der Waals surface area contributed by atoms with E-state index in [0.717, 1.165) is 9.87 Å². The minimum absolute atomic E-state index is 0.0950. The molecule has 0 aliphatic carbocycles. The number of sulfonamides is 1. The number of amidine groups is 1. The molecular weight excluding hydrogens is 320 g/mol. The first-order valence-electron chi connectivity index (χ1n) is 6.73. The van der Waals surface area contributed by atoms with Gasteiger partial charge in [0.1, 0.15) is 0 Å². The fraction of sp³-hybridized carbons (Fsp3) is 0.200. The van der Waals surface area contributed by atoms with Crippen molar-refractivity contribution in [3.63, 3.8) is 0 Å². The number of hydrogen-bond donors (Lipinski definition) is 0. The van der Waals surface area contributed by atoms with Crippen LogP contribution in [-0.4, -0.2) is 31.0 Å². The highest BCUT2D eigenvalue weighted by molar-refractivity contribution is 7.90. The Morgan fingerprint density at radius 1 is 1.18 bits per heavy atom. The predicted molar refractivity (Wildman–Crippen MR) is 85.6 cm³/mol. The summed E-state index contributed by atoms with van der Waals surface area (Å²) < 4.78 is 26.5. The molecule has 114 valence electrons. The van der Waals surface area contributed by atoms with Crippen molar-refractivity contribution in [2.75, 3.05) is 6.54 Å². The zero-order valence-electron chi connectivity index (χ0n) is 11.9. The van der Waals surface area contributed by atoms with E-state index in [4.69, 9.17) is 0 Å². The van der Waals surface area contributed by atoms with Crippen molar-refractivity contribution in [2.24, 2.45) is 4.99 Å². The molecule has 1 aromatic heterocycles. The summed E-state index contributed by atoms with van der Waals surface area (Å²) in [5, 5.41) is 1.83. The predicted octanol–water partition coefficient (Wildman–Crippen LogP) is 2.42. The molecule has 1 aliphatic rings. The lowest BCUT2D eigenvalue weighted by molar-refractivity contribution is -0.124. The van der Waals surface area contributed by atoms with Crippen molar-refractivity contribution >= 4 is 33.1 Å². The van der Waals surface area contributed by atoms with Crippen LogP contribution in [-0.2, 0) is 14.8 Å². The van der Waals surface area contributed by atoms with Crippen LogP contribution in [0, 0.1) is 6.92 Å². The van der Waals surface area contributed by atoms with Gasteiger partial charge in [-0.1, -0.05) is 23.8 Å². The molecule has 22 heavy (non-hydrogen) atoms. The molecule has 1 amide bonds. The summed E-state index contributed by atoms with van der Waals surface area (Å²) in [6, 6.07) is 10.0. The number of hydrogen-bond acceptors (Lipinski definition) is 5. The van der Waals surface area contributed by atoms with Crippen molar-refractivity contribution in [1.82, 2.24) is 4.31 Å². The van der Waals surface area contributed by atoms with E-state index in [1.807, 2.05) is 12.3 Å². The quantitative estimate of drug-likeness (QED) is 0.866. The summed E-state index contributed by atoms with van der Waals surface area (Å²) in [5.41, 5.74) is 0.955. The Hall–Kier alpha value is -1.99. The SMILES string of the molecule is Cc1ccc(S(=O)(=O)N2C(=O)CCN=C2c2cccs2)cc1. The first-order valence-corrected chi connectivity index (χ1v) is 9.05. The summed E-state index contributed by atoms with van der Waals surface area (Å²) in [6.07, 6.45) is 0.0972. The van der Waals surface area contributed by atoms with E-state index in [0.29, 0.717) is 11.4 Å². The minimum atomic E-state index is -3.94. The van der Waals surface area contributed by atoms with Gasteiger partial charge in [-0.3, -0.25) is 9.79 Å². The normalized spacial score (nSPS) is 15.8. The fourth-order valence-electron chi connectivity index (χ4n) is 2.19. The summed E-state index contributed by atoms with van der Waals surface area (Å²) >= 11 is 1.36. The Balaban J connectivity index is 2.10. The van der Waals surface area contributed by atoms with Gasteiger partial charge in [0.15, 0.2) is 5.84 Å². The summed E-state index contributed by atoms with van der Waals surface area (Å²) in [6.45, 7) is 2.19. The second-order valence-electron chi connectivity index (χ2n) is 4.91. The molecular formula is C15H14N2O3S2. The second kappa shape index (κ2) is 5.66. The molecule has 0 unspecified atom stereocenters. The van der Waals surface area contributed by atoms with E-state index in [-0.39, 0.29) is 17.2 Å². The maximum atomic E-state index is 12.8. The third kappa shape index (κ3) is 2.57. The maximum absolute atomic E-state index is 12.8. The van der Waals surface area contributed by atoms with Gasteiger partial charge < -0.3 is 0 Å². The van der Waals surface area contributed by atoms with E-state index in [9.17, 15) is 13.2 Å². The molecule has 0 saturated heterocycles. The summed E-state index contributed by atoms with van der Waals surface area (Å²) in [5.74, 6) is -0.231. The number of benzene rings is 1. The molecule has 1 aromatic carbocycles. The van der Waals surface area contributed by atoms with Crippen LogP contribution in [0.2, 0.25) is 0 Å². The van der Waals surface area contributed by atoms with Gasteiger partial charge in [-0.05, 0) is 30.5 Å². The monoisotopic (exact) mass is 334 g/mol. The lowest BCUT2D eigenvalue weighted by Gasteiger charge is -2.26. The number of carbonyl (C=O) groups excluding carboxylic acids is 1. The zero-order chi connectivity index (χ0) is 15.7. The number of amides is 1. The topological polar surface area (TPSA) is 66.8 Å². The van der Waals surface area contributed by atoms with Crippen molar-refractivity contribution in [2.45, 2.75) is 18.2 Å². The molecule has 5 nitrogen and oxygen atoms in total. The molecule has 0 N–H and O–H groups in total. The number of nitrogens with zero attached hydrogens (tertiary/aromatic N) is 2. The maximum Gasteiger partial charge on any atom is 0.272 e. The Kier molecular flexibility index (Phi) is 3.84. The second-order valence-corrected chi connectivity index (χ2v) is 7.64. The lowest BCUT2D eigenvalue weighted by Crippen LogP contribution is -2.44. The molecule has 0 atom stereocenters. The number of rotatable bonds is 3. The van der Waals surface area contributed by atoms with Crippen LogP contribution in [0.5, 0.6) is 0 Å². The summed E-state index contributed by atoms with van der Waals surface area (Å²) in [7, 11) is -3.94. The van der Waals surface area contributed by atoms with Crippen LogP contribution in [0.4, 0.5) is 0 Å². The number of carbonyl (C=O) groups is 1. The summed E-state index contributed by atoms with van der Waals surface area (Å²) in [4.78, 5) is 17.3. The molecule has 0 fully saturated rings. The van der Waals surface area contributed by atoms with Crippen molar-refractivity contribution < 1.29 is 13.2 Å². The average molecular weight is 334 g/mol. The number of aryl methyl sites for hydroxylation is 1. The Labute approximate surface area is 133 Å². The highest BCUT2D eigenvalue weighted by atomic mass is 32.2. The highest BCUT2D eigenvalue weighted by Crippen LogP contribution is 2.24. The van der Waals surface area contributed by atoms with E-state index in [1.165, 1.54) is 23.5 Å². The smallest absolute Gasteiger partial charge is 0.272 e. The molecule has 0 bridgehead atoms. The third-order valence-electron chi connectivity index (χ3n) is 3.31. The first-order chi connectivity index (χ1) is 10.5. The van der Waals surface area contributed by atoms with Crippen LogP contribution >= 0.6 is 11.3 Å². The largest absolute Gasteiger partial charge is 0.273 e.